The minimum atomic E-state index is -0.497. The molecule has 2 aromatic carbocycles. The topological polar surface area (TPSA) is 97.6 Å². The number of carbonyl (C=O) groups is 2. The van der Waals surface area contributed by atoms with Crippen molar-refractivity contribution < 1.29 is 18.7 Å². The summed E-state index contributed by atoms with van der Waals surface area (Å²) in [6.07, 6.45) is 0. The second-order valence-corrected chi connectivity index (χ2v) is 6.46. The molecule has 3 rings (SSSR count). The molecule has 7 heteroatoms. The Kier molecular flexibility index (Phi) is 6.41. The van der Waals surface area contributed by atoms with Crippen molar-refractivity contribution >= 4 is 22.8 Å². The molecule has 0 atom stereocenters. The number of fused-ring (bicyclic) bond motifs is 1. The fourth-order valence-corrected chi connectivity index (χ4v) is 2.96. The normalized spacial score (nSPS) is 10.7. The predicted octanol–water partition coefficient (Wildman–Crippen LogP) is 2.26. The van der Waals surface area contributed by atoms with E-state index in [0.717, 1.165) is 5.56 Å². The lowest BCUT2D eigenvalue weighted by Crippen LogP contribution is -2.38. The molecule has 0 aliphatic heterocycles. The molecule has 7 nitrogen and oxygen atoms in total. The lowest BCUT2D eigenvalue weighted by molar-refractivity contribution is -0.120. The first-order chi connectivity index (χ1) is 14.0. The van der Waals surface area contributed by atoms with Gasteiger partial charge >= 0.3 is 0 Å². The van der Waals surface area contributed by atoms with Gasteiger partial charge in [0, 0.05) is 24.8 Å². The van der Waals surface area contributed by atoms with Crippen LogP contribution in [-0.2, 0) is 9.53 Å². The van der Waals surface area contributed by atoms with Crippen molar-refractivity contribution in [3.63, 3.8) is 0 Å². The van der Waals surface area contributed by atoms with Crippen LogP contribution in [0, 0.1) is 6.92 Å². The summed E-state index contributed by atoms with van der Waals surface area (Å²) in [4.78, 5) is 37.3. The zero-order valence-electron chi connectivity index (χ0n) is 16.3. The first-order valence-electron chi connectivity index (χ1n) is 9.18. The van der Waals surface area contributed by atoms with Gasteiger partial charge in [-0.3, -0.25) is 14.4 Å². The zero-order chi connectivity index (χ0) is 20.8. The second kappa shape index (κ2) is 9.16. The molecule has 0 unspecified atom stereocenters. The number of para-hydroxylation sites is 1. The van der Waals surface area contributed by atoms with Gasteiger partial charge in [0.1, 0.15) is 5.76 Å². The van der Waals surface area contributed by atoms with Crippen LogP contribution in [0.3, 0.4) is 0 Å². The highest BCUT2D eigenvalue weighted by Gasteiger charge is 2.18. The van der Waals surface area contributed by atoms with Gasteiger partial charge in [0.2, 0.25) is 5.91 Å². The van der Waals surface area contributed by atoms with Crippen LogP contribution >= 0.6 is 0 Å². The van der Waals surface area contributed by atoms with Crippen molar-refractivity contribution in [2.24, 2.45) is 0 Å². The maximum Gasteiger partial charge on any atom is 0.255 e. The molecule has 0 bridgehead atoms. The molecule has 0 spiro atoms. The highest BCUT2D eigenvalue weighted by atomic mass is 16.5. The van der Waals surface area contributed by atoms with E-state index in [1.54, 1.807) is 25.1 Å². The fourth-order valence-electron chi connectivity index (χ4n) is 2.96. The van der Waals surface area contributed by atoms with Gasteiger partial charge in [-0.25, -0.2) is 0 Å². The Morgan fingerprint density at radius 2 is 1.79 bits per heavy atom. The van der Waals surface area contributed by atoms with Gasteiger partial charge in [-0.1, -0.05) is 36.4 Å². The van der Waals surface area contributed by atoms with Crippen LogP contribution in [0.25, 0.3) is 22.3 Å². The Morgan fingerprint density at radius 3 is 2.52 bits per heavy atom. The molecule has 0 aliphatic carbocycles. The molecule has 29 heavy (non-hydrogen) atoms. The Balaban J connectivity index is 1.92. The Morgan fingerprint density at radius 1 is 1.03 bits per heavy atom. The summed E-state index contributed by atoms with van der Waals surface area (Å²) in [6.45, 7) is 2.25. The van der Waals surface area contributed by atoms with E-state index in [9.17, 15) is 14.4 Å². The number of carbonyl (C=O) groups excluding carboxylic acids is 2. The number of rotatable bonds is 7. The summed E-state index contributed by atoms with van der Waals surface area (Å²) < 4.78 is 10.9. The number of hydrogen-bond donors (Lipinski definition) is 2. The van der Waals surface area contributed by atoms with Crippen molar-refractivity contribution in [1.29, 1.82) is 0 Å². The average Bonchev–Trinajstić information content (AvgIpc) is 2.75. The quantitative estimate of drug-likeness (QED) is 0.599. The lowest BCUT2D eigenvalue weighted by Gasteiger charge is -2.11. The predicted molar refractivity (Wildman–Crippen MR) is 110 cm³/mol. The highest BCUT2D eigenvalue weighted by Crippen LogP contribution is 2.27. The van der Waals surface area contributed by atoms with Gasteiger partial charge in [-0.05, 0) is 19.1 Å². The van der Waals surface area contributed by atoms with E-state index < -0.39 is 5.91 Å². The summed E-state index contributed by atoms with van der Waals surface area (Å²) >= 11 is 0. The number of methoxy groups -OCH3 is 1. The van der Waals surface area contributed by atoms with Gasteiger partial charge in [-0.2, -0.15) is 0 Å². The largest absolute Gasteiger partial charge is 0.455 e. The molecular weight excluding hydrogens is 372 g/mol. The van der Waals surface area contributed by atoms with Gasteiger partial charge in [0.15, 0.2) is 11.0 Å². The number of nitrogens with one attached hydrogen (secondary N) is 2. The van der Waals surface area contributed by atoms with Crippen molar-refractivity contribution in [2.75, 3.05) is 26.8 Å². The third kappa shape index (κ3) is 4.52. The molecular formula is C22H22N2O5. The lowest BCUT2D eigenvalue weighted by atomic mass is 10.0. The van der Waals surface area contributed by atoms with Crippen LogP contribution in [0.2, 0.25) is 0 Å². The number of hydrogen-bond acceptors (Lipinski definition) is 5. The Hall–Kier alpha value is -3.45. The third-order valence-corrected chi connectivity index (χ3v) is 4.46. The van der Waals surface area contributed by atoms with Crippen LogP contribution in [0.1, 0.15) is 15.9 Å². The smallest absolute Gasteiger partial charge is 0.255 e. The Bertz CT molecular complexity index is 1090. The first kappa shape index (κ1) is 20.3. The second-order valence-electron chi connectivity index (χ2n) is 6.46. The van der Waals surface area contributed by atoms with Gasteiger partial charge in [0.25, 0.3) is 5.91 Å². The van der Waals surface area contributed by atoms with E-state index in [2.05, 4.69) is 10.6 Å². The number of ether oxygens (including phenoxy) is 1. The number of amides is 2. The molecule has 0 saturated heterocycles. The van der Waals surface area contributed by atoms with E-state index in [0.29, 0.717) is 29.9 Å². The van der Waals surface area contributed by atoms with E-state index in [-0.39, 0.29) is 29.0 Å². The minimum absolute atomic E-state index is 0.194. The summed E-state index contributed by atoms with van der Waals surface area (Å²) in [6, 6.07) is 14.0. The average molecular weight is 394 g/mol. The van der Waals surface area contributed by atoms with Crippen LogP contribution in [-0.4, -0.2) is 38.6 Å². The van der Waals surface area contributed by atoms with Crippen molar-refractivity contribution in [1.82, 2.24) is 10.6 Å². The van der Waals surface area contributed by atoms with Crippen molar-refractivity contribution in [3.05, 3.63) is 69.9 Å². The standard InChI is InChI=1S/C22H22N2O5/c1-14-19(26)16-9-6-10-17(22(27)24-13-18(25)23-11-12-28-2)21(16)29-20(14)15-7-4-3-5-8-15/h3-10H,11-13H2,1-2H3,(H,23,25)(H,24,27). The highest BCUT2D eigenvalue weighted by molar-refractivity contribution is 6.06. The van der Waals surface area contributed by atoms with Crippen LogP contribution < -0.4 is 16.1 Å². The molecule has 150 valence electrons. The van der Waals surface area contributed by atoms with Crippen LogP contribution in [0.15, 0.2) is 57.7 Å². The molecule has 1 aromatic heterocycles. The Labute approximate surface area is 167 Å². The minimum Gasteiger partial charge on any atom is -0.455 e. The van der Waals surface area contributed by atoms with Crippen LogP contribution in [0.4, 0.5) is 0 Å². The van der Waals surface area contributed by atoms with Crippen LogP contribution in [0.5, 0.6) is 0 Å². The molecule has 3 aromatic rings. The van der Waals surface area contributed by atoms with Gasteiger partial charge < -0.3 is 19.8 Å². The summed E-state index contributed by atoms with van der Waals surface area (Å²) in [7, 11) is 1.54. The third-order valence-electron chi connectivity index (χ3n) is 4.46. The molecule has 0 radical (unpaired) electrons. The SMILES string of the molecule is COCCNC(=O)CNC(=O)c1cccc2c(=O)c(C)c(-c3ccccc3)oc12. The van der Waals surface area contributed by atoms with Crippen molar-refractivity contribution in [2.45, 2.75) is 6.92 Å². The van der Waals surface area contributed by atoms with E-state index in [1.165, 1.54) is 7.11 Å². The fraction of sp³-hybridized carbons (Fsp3) is 0.227. The monoisotopic (exact) mass is 394 g/mol. The number of benzene rings is 2. The maximum absolute atomic E-state index is 12.8. The first-order valence-corrected chi connectivity index (χ1v) is 9.18. The molecule has 2 amide bonds. The van der Waals surface area contributed by atoms with E-state index in [4.69, 9.17) is 9.15 Å². The van der Waals surface area contributed by atoms with Gasteiger partial charge in [-0.15, -0.1) is 0 Å². The van der Waals surface area contributed by atoms with E-state index >= 15 is 0 Å². The molecule has 2 N–H and O–H groups in total. The van der Waals surface area contributed by atoms with Crippen molar-refractivity contribution in [3.8, 4) is 11.3 Å². The van der Waals surface area contributed by atoms with Gasteiger partial charge in [0.05, 0.1) is 24.1 Å². The molecule has 0 saturated carbocycles. The zero-order valence-corrected chi connectivity index (χ0v) is 16.3. The maximum atomic E-state index is 12.8. The molecule has 0 aliphatic rings. The van der Waals surface area contributed by atoms with E-state index in [1.807, 2.05) is 30.3 Å². The summed E-state index contributed by atoms with van der Waals surface area (Å²) in [5, 5.41) is 5.50. The molecule has 1 heterocycles. The summed E-state index contributed by atoms with van der Waals surface area (Å²) in [5.41, 5.74) is 1.41. The molecule has 0 fully saturated rings. The summed E-state index contributed by atoms with van der Waals surface area (Å²) in [5.74, 6) is -0.415.